The summed E-state index contributed by atoms with van der Waals surface area (Å²) in [4.78, 5) is 23.9. The van der Waals surface area contributed by atoms with Crippen LogP contribution < -0.4 is 10.6 Å². The number of nitrogens with one attached hydrogen (secondary N) is 2. The first kappa shape index (κ1) is 20.3. The highest BCUT2D eigenvalue weighted by Crippen LogP contribution is 2.29. The average Bonchev–Trinajstić information content (AvgIpc) is 2.71. The monoisotopic (exact) mass is 402 g/mol. The fourth-order valence-corrected chi connectivity index (χ4v) is 2.85. The number of benzene rings is 3. The maximum atomic E-state index is 12.5. The lowest BCUT2D eigenvalue weighted by molar-refractivity contribution is -0.137. The number of aliphatic hydroxyl groups is 1. The van der Waals surface area contributed by atoms with E-state index in [1.165, 1.54) is 0 Å². The molecule has 2 amide bonds. The van der Waals surface area contributed by atoms with Crippen molar-refractivity contribution in [1.29, 1.82) is 0 Å². The molecular formula is C21H17F3N2O3. The van der Waals surface area contributed by atoms with Gasteiger partial charge in [0.2, 0.25) is 0 Å². The number of aliphatic hydroxyl groups excluding tert-OH is 1. The number of halogens is 3. The van der Waals surface area contributed by atoms with E-state index >= 15 is 0 Å². The topological polar surface area (TPSA) is 78.4 Å². The van der Waals surface area contributed by atoms with Gasteiger partial charge in [0.15, 0.2) is 0 Å². The molecular weight excluding hydrogens is 385 g/mol. The third-order valence-electron chi connectivity index (χ3n) is 4.31. The average molecular weight is 402 g/mol. The van der Waals surface area contributed by atoms with E-state index < -0.39 is 29.7 Å². The third kappa shape index (κ3) is 4.91. The maximum Gasteiger partial charge on any atom is 0.416 e. The Morgan fingerprint density at radius 1 is 0.897 bits per heavy atom. The van der Waals surface area contributed by atoms with Gasteiger partial charge in [-0.2, -0.15) is 13.2 Å². The van der Waals surface area contributed by atoms with E-state index in [9.17, 15) is 27.9 Å². The number of carbonyl (C=O) groups is 2. The van der Waals surface area contributed by atoms with Crippen LogP contribution in [0.5, 0.6) is 0 Å². The molecule has 0 aliphatic heterocycles. The van der Waals surface area contributed by atoms with Crippen molar-refractivity contribution >= 4 is 28.3 Å². The van der Waals surface area contributed by atoms with Gasteiger partial charge < -0.3 is 15.7 Å². The molecule has 3 rings (SSSR count). The molecule has 150 valence electrons. The molecule has 8 heteroatoms. The van der Waals surface area contributed by atoms with Gasteiger partial charge in [0.05, 0.1) is 11.7 Å². The molecule has 0 fully saturated rings. The van der Waals surface area contributed by atoms with Crippen LogP contribution in [0.2, 0.25) is 0 Å². The van der Waals surface area contributed by atoms with Crippen LogP contribution in [0.4, 0.5) is 18.9 Å². The van der Waals surface area contributed by atoms with Crippen LogP contribution in [0.3, 0.4) is 0 Å². The quantitative estimate of drug-likeness (QED) is 0.583. The predicted molar refractivity (Wildman–Crippen MR) is 102 cm³/mol. The SMILES string of the molecule is O=C(NC[C@H](O)c1cccc2ccccc12)C(=O)Nc1ccc(C(F)(F)F)cc1. The van der Waals surface area contributed by atoms with Gasteiger partial charge in [-0.1, -0.05) is 42.5 Å². The Bertz CT molecular complexity index is 1030. The highest BCUT2D eigenvalue weighted by Gasteiger charge is 2.30. The van der Waals surface area contributed by atoms with Crippen molar-refractivity contribution in [3.05, 3.63) is 77.9 Å². The van der Waals surface area contributed by atoms with E-state index in [1.54, 1.807) is 12.1 Å². The Morgan fingerprint density at radius 3 is 2.24 bits per heavy atom. The van der Waals surface area contributed by atoms with Crippen LogP contribution in [0.1, 0.15) is 17.2 Å². The van der Waals surface area contributed by atoms with Gasteiger partial charge in [-0.15, -0.1) is 0 Å². The fourth-order valence-electron chi connectivity index (χ4n) is 2.85. The number of hydrogen-bond donors (Lipinski definition) is 3. The van der Waals surface area contributed by atoms with Crippen molar-refractivity contribution in [1.82, 2.24) is 5.32 Å². The molecule has 5 nitrogen and oxygen atoms in total. The summed E-state index contributed by atoms with van der Waals surface area (Å²) in [5.74, 6) is -2.06. The first-order chi connectivity index (χ1) is 13.8. The minimum Gasteiger partial charge on any atom is -0.387 e. The normalized spacial score (nSPS) is 12.4. The summed E-state index contributed by atoms with van der Waals surface area (Å²) in [7, 11) is 0. The molecule has 29 heavy (non-hydrogen) atoms. The zero-order valence-corrected chi connectivity index (χ0v) is 15.0. The molecule has 0 heterocycles. The van der Waals surface area contributed by atoms with Crippen LogP contribution in [-0.2, 0) is 15.8 Å². The highest BCUT2D eigenvalue weighted by atomic mass is 19.4. The second kappa shape index (κ2) is 8.32. The number of fused-ring (bicyclic) bond motifs is 1. The van der Waals surface area contributed by atoms with Gasteiger partial charge in [-0.3, -0.25) is 9.59 Å². The van der Waals surface area contributed by atoms with Crippen LogP contribution in [0, 0.1) is 0 Å². The van der Waals surface area contributed by atoms with Gasteiger partial charge in [-0.25, -0.2) is 0 Å². The molecule has 0 saturated heterocycles. The molecule has 3 N–H and O–H groups in total. The van der Waals surface area contributed by atoms with E-state index in [4.69, 9.17) is 0 Å². The van der Waals surface area contributed by atoms with Crippen molar-refractivity contribution in [3.8, 4) is 0 Å². The number of carbonyl (C=O) groups excluding carboxylic acids is 2. The van der Waals surface area contributed by atoms with Crippen molar-refractivity contribution in [2.45, 2.75) is 12.3 Å². The smallest absolute Gasteiger partial charge is 0.387 e. The predicted octanol–water partition coefficient (Wildman–Crippen LogP) is 3.65. The van der Waals surface area contributed by atoms with Gasteiger partial charge in [0, 0.05) is 12.2 Å². The Hall–Kier alpha value is -3.39. The van der Waals surface area contributed by atoms with E-state index in [-0.39, 0.29) is 12.2 Å². The molecule has 0 bridgehead atoms. The lowest BCUT2D eigenvalue weighted by Gasteiger charge is -2.15. The van der Waals surface area contributed by atoms with E-state index in [0.29, 0.717) is 5.56 Å². The molecule has 0 aliphatic rings. The Morgan fingerprint density at radius 2 is 1.55 bits per heavy atom. The summed E-state index contributed by atoms with van der Waals surface area (Å²) >= 11 is 0. The van der Waals surface area contributed by atoms with Crippen molar-refractivity contribution in [2.75, 3.05) is 11.9 Å². The van der Waals surface area contributed by atoms with Crippen LogP contribution in [0.25, 0.3) is 10.8 Å². The standard InChI is InChI=1S/C21H17F3N2O3/c22-21(23,24)14-8-10-15(11-9-14)26-20(29)19(28)25-12-18(27)17-7-3-5-13-4-1-2-6-16(13)17/h1-11,18,27H,12H2,(H,25,28)(H,26,29)/t18-/m0/s1. The lowest BCUT2D eigenvalue weighted by atomic mass is 10.0. The maximum absolute atomic E-state index is 12.5. The summed E-state index contributed by atoms with van der Waals surface area (Å²) in [6, 6.07) is 16.5. The highest BCUT2D eigenvalue weighted by molar-refractivity contribution is 6.39. The number of anilines is 1. The number of rotatable bonds is 4. The molecule has 1 atom stereocenters. The summed E-state index contributed by atoms with van der Waals surface area (Å²) in [6.07, 6.45) is -5.53. The second-order valence-corrected chi connectivity index (χ2v) is 6.32. The van der Waals surface area contributed by atoms with Crippen molar-refractivity contribution in [2.24, 2.45) is 0 Å². The molecule has 0 radical (unpaired) electrons. The Labute approximate surface area is 164 Å². The zero-order valence-electron chi connectivity index (χ0n) is 15.0. The van der Waals surface area contributed by atoms with Gasteiger partial charge in [-0.05, 0) is 40.6 Å². The molecule has 3 aromatic carbocycles. The first-order valence-corrected chi connectivity index (χ1v) is 8.68. The van der Waals surface area contributed by atoms with E-state index in [1.807, 2.05) is 30.3 Å². The summed E-state index contributed by atoms with van der Waals surface area (Å²) < 4.78 is 37.6. The minimum atomic E-state index is -4.49. The molecule has 0 aromatic heterocycles. The first-order valence-electron chi connectivity index (χ1n) is 8.68. The van der Waals surface area contributed by atoms with Crippen LogP contribution in [0.15, 0.2) is 66.7 Å². The molecule has 0 aliphatic carbocycles. The Kier molecular flexibility index (Phi) is 5.84. The van der Waals surface area contributed by atoms with Crippen LogP contribution in [-0.4, -0.2) is 23.5 Å². The second-order valence-electron chi connectivity index (χ2n) is 6.32. The Balaban J connectivity index is 1.59. The summed E-state index contributed by atoms with van der Waals surface area (Å²) in [5, 5.41) is 16.7. The van der Waals surface area contributed by atoms with Gasteiger partial charge in [0.25, 0.3) is 0 Å². The van der Waals surface area contributed by atoms with Crippen molar-refractivity contribution in [3.63, 3.8) is 0 Å². The summed E-state index contributed by atoms with van der Waals surface area (Å²) in [5.41, 5.74) is -0.211. The number of hydrogen-bond acceptors (Lipinski definition) is 3. The largest absolute Gasteiger partial charge is 0.416 e. The van der Waals surface area contributed by atoms with Gasteiger partial charge in [0.1, 0.15) is 0 Å². The number of alkyl halides is 3. The lowest BCUT2D eigenvalue weighted by Crippen LogP contribution is -2.37. The molecule has 0 unspecified atom stereocenters. The minimum absolute atomic E-state index is 0.0488. The number of amides is 2. The molecule has 0 saturated carbocycles. The molecule has 0 spiro atoms. The summed E-state index contributed by atoms with van der Waals surface area (Å²) in [6.45, 7) is -0.201. The van der Waals surface area contributed by atoms with Gasteiger partial charge >= 0.3 is 18.0 Å². The van der Waals surface area contributed by atoms with E-state index in [2.05, 4.69) is 10.6 Å². The third-order valence-corrected chi connectivity index (χ3v) is 4.31. The van der Waals surface area contributed by atoms with Crippen molar-refractivity contribution < 1.29 is 27.9 Å². The zero-order chi connectivity index (χ0) is 21.0. The van der Waals surface area contributed by atoms with Crippen LogP contribution >= 0.6 is 0 Å². The van der Waals surface area contributed by atoms with E-state index in [0.717, 1.165) is 35.0 Å². The molecule has 3 aromatic rings. The fraction of sp³-hybridized carbons (Fsp3) is 0.143.